The number of unbranched alkanes of at least 4 members (excludes halogenated alkanes) is 28. The second kappa shape index (κ2) is 36.4. The number of carboxylic acids is 1. The molecule has 1 unspecified atom stereocenters. The molecule has 4 nitrogen and oxygen atoms in total. The molecular formula is C40H78O4. The van der Waals surface area contributed by atoms with Gasteiger partial charge in [0.1, 0.15) is 6.10 Å². The molecule has 0 saturated heterocycles. The number of rotatable bonds is 37. The van der Waals surface area contributed by atoms with Gasteiger partial charge in [0.15, 0.2) is 0 Å². The van der Waals surface area contributed by atoms with Crippen LogP contribution in [0.3, 0.4) is 0 Å². The van der Waals surface area contributed by atoms with Gasteiger partial charge >= 0.3 is 11.9 Å². The number of aliphatic carboxylic acids is 1. The van der Waals surface area contributed by atoms with Crippen LogP contribution >= 0.6 is 0 Å². The molecule has 0 radical (unpaired) electrons. The van der Waals surface area contributed by atoms with Gasteiger partial charge in [-0.3, -0.25) is 9.59 Å². The lowest BCUT2D eigenvalue weighted by Gasteiger charge is -2.18. The summed E-state index contributed by atoms with van der Waals surface area (Å²) in [5, 5.41) is 8.94. The zero-order valence-electron chi connectivity index (χ0n) is 30.0. The molecule has 0 amide bonds. The van der Waals surface area contributed by atoms with Crippen molar-refractivity contribution >= 4 is 11.9 Å². The monoisotopic (exact) mass is 623 g/mol. The Morgan fingerprint density at radius 3 is 1.02 bits per heavy atom. The second-order valence-electron chi connectivity index (χ2n) is 13.8. The number of ether oxygens (including phenoxy) is 1. The van der Waals surface area contributed by atoms with Gasteiger partial charge in [0.05, 0.1) is 0 Å². The molecule has 4 heteroatoms. The summed E-state index contributed by atoms with van der Waals surface area (Å²) in [6, 6.07) is 0. The fourth-order valence-electron chi connectivity index (χ4n) is 6.36. The van der Waals surface area contributed by atoms with Gasteiger partial charge in [0.2, 0.25) is 0 Å². The molecule has 0 aromatic heterocycles. The van der Waals surface area contributed by atoms with Crippen molar-refractivity contribution in [2.45, 2.75) is 245 Å². The SMILES string of the molecule is CCCCCCCCCCCCCCCCCCCC(=O)OC(CCCCCCCCCCCCCC)CCCCC(=O)O. The van der Waals surface area contributed by atoms with Gasteiger partial charge < -0.3 is 9.84 Å². The summed E-state index contributed by atoms with van der Waals surface area (Å²) in [5.41, 5.74) is 0. The molecule has 0 bridgehead atoms. The largest absolute Gasteiger partial charge is 0.481 e. The van der Waals surface area contributed by atoms with Crippen LogP contribution in [-0.4, -0.2) is 23.1 Å². The maximum absolute atomic E-state index is 12.6. The van der Waals surface area contributed by atoms with Gasteiger partial charge in [-0.1, -0.05) is 187 Å². The van der Waals surface area contributed by atoms with Crippen LogP contribution in [0.4, 0.5) is 0 Å². The molecule has 0 rings (SSSR count). The highest BCUT2D eigenvalue weighted by Crippen LogP contribution is 2.19. The third-order valence-corrected chi connectivity index (χ3v) is 9.33. The van der Waals surface area contributed by atoms with E-state index >= 15 is 0 Å². The molecule has 0 aromatic rings. The highest BCUT2D eigenvalue weighted by molar-refractivity contribution is 5.69. The average molecular weight is 623 g/mol. The third kappa shape index (κ3) is 35.4. The Morgan fingerprint density at radius 2 is 0.682 bits per heavy atom. The van der Waals surface area contributed by atoms with E-state index < -0.39 is 5.97 Å². The molecule has 262 valence electrons. The summed E-state index contributed by atoms with van der Waals surface area (Å²) >= 11 is 0. The van der Waals surface area contributed by atoms with Crippen LogP contribution in [-0.2, 0) is 14.3 Å². The van der Waals surface area contributed by atoms with Crippen molar-refractivity contribution in [2.24, 2.45) is 0 Å². The summed E-state index contributed by atoms with van der Waals surface area (Å²) in [5.74, 6) is -0.786. The van der Waals surface area contributed by atoms with E-state index in [4.69, 9.17) is 9.84 Å². The maximum Gasteiger partial charge on any atom is 0.306 e. The van der Waals surface area contributed by atoms with Crippen molar-refractivity contribution in [3.63, 3.8) is 0 Å². The summed E-state index contributed by atoms with van der Waals surface area (Å²) in [4.78, 5) is 23.4. The third-order valence-electron chi connectivity index (χ3n) is 9.33. The predicted molar refractivity (Wildman–Crippen MR) is 190 cm³/mol. The number of hydrogen-bond acceptors (Lipinski definition) is 3. The van der Waals surface area contributed by atoms with E-state index in [0.29, 0.717) is 12.8 Å². The zero-order chi connectivity index (χ0) is 32.2. The minimum absolute atomic E-state index is 0.0368. The Morgan fingerprint density at radius 1 is 0.409 bits per heavy atom. The van der Waals surface area contributed by atoms with Crippen molar-refractivity contribution < 1.29 is 19.4 Å². The Labute approximate surface area is 275 Å². The van der Waals surface area contributed by atoms with Gasteiger partial charge in [-0.05, 0) is 38.5 Å². The van der Waals surface area contributed by atoms with Gasteiger partial charge in [0, 0.05) is 12.8 Å². The van der Waals surface area contributed by atoms with Crippen LogP contribution in [0.5, 0.6) is 0 Å². The zero-order valence-corrected chi connectivity index (χ0v) is 30.0. The summed E-state index contributed by atoms with van der Waals surface area (Å²) in [7, 11) is 0. The minimum atomic E-state index is -0.738. The average Bonchev–Trinajstić information content (AvgIpc) is 3.01. The molecule has 0 aliphatic heterocycles. The van der Waals surface area contributed by atoms with Crippen molar-refractivity contribution in [3.05, 3.63) is 0 Å². The lowest BCUT2D eigenvalue weighted by molar-refractivity contribution is -0.150. The molecular weight excluding hydrogens is 544 g/mol. The van der Waals surface area contributed by atoms with E-state index in [2.05, 4.69) is 13.8 Å². The lowest BCUT2D eigenvalue weighted by Crippen LogP contribution is -2.18. The number of carboxylic acid groups (broad SMARTS) is 1. The van der Waals surface area contributed by atoms with Crippen LogP contribution in [0.25, 0.3) is 0 Å². The van der Waals surface area contributed by atoms with Crippen molar-refractivity contribution in [2.75, 3.05) is 0 Å². The standard InChI is InChI=1S/C40H78O4/c1-3-5-7-9-11-13-15-17-18-19-20-21-23-25-27-29-31-37-40(43)44-38(35-32-33-36-39(41)42)34-30-28-26-24-22-16-14-12-10-8-6-4-2/h38H,3-37H2,1-2H3,(H,41,42). The van der Waals surface area contributed by atoms with Crippen molar-refractivity contribution in [3.8, 4) is 0 Å². The van der Waals surface area contributed by atoms with Crippen LogP contribution in [0.1, 0.15) is 239 Å². The summed E-state index contributed by atoms with van der Waals surface area (Å²) in [6.07, 6.45) is 42.6. The topological polar surface area (TPSA) is 63.6 Å². The van der Waals surface area contributed by atoms with Crippen molar-refractivity contribution in [1.29, 1.82) is 0 Å². The molecule has 0 spiro atoms. The summed E-state index contributed by atoms with van der Waals surface area (Å²) < 4.78 is 5.90. The van der Waals surface area contributed by atoms with Gasteiger partial charge in [0.25, 0.3) is 0 Å². The molecule has 1 atom stereocenters. The van der Waals surface area contributed by atoms with Crippen LogP contribution in [0.2, 0.25) is 0 Å². The van der Waals surface area contributed by atoms with Crippen LogP contribution in [0, 0.1) is 0 Å². The molecule has 0 fully saturated rings. The van der Waals surface area contributed by atoms with Gasteiger partial charge in [-0.15, -0.1) is 0 Å². The van der Waals surface area contributed by atoms with E-state index in [0.717, 1.165) is 38.5 Å². The van der Waals surface area contributed by atoms with E-state index in [-0.39, 0.29) is 18.5 Å². The first kappa shape index (κ1) is 42.9. The Bertz CT molecular complexity index is 590. The van der Waals surface area contributed by atoms with E-state index in [1.165, 1.54) is 167 Å². The highest BCUT2D eigenvalue weighted by atomic mass is 16.5. The normalized spacial score (nSPS) is 12.0. The molecule has 0 heterocycles. The Balaban J connectivity index is 3.79. The number of carbonyl (C=O) groups excluding carboxylic acids is 1. The molecule has 0 aliphatic carbocycles. The maximum atomic E-state index is 12.6. The van der Waals surface area contributed by atoms with Crippen LogP contribution in [0.15, 0.2) is 0 Å². The number of esters is 1. The van der Waals surface area contributed by atoms with E-state index in [9.17, 15) is 9.59 Å². The highest BCUT2D eigenvalue weighted by Gasteiger charge is 2.14. The minimum Gasteiger partial charge on any atom is -0.481 e. The second-order valence-corrected chi connectivity index (χ2v) is 13.8. The first-order valence-electron chi connectivity index (χ1n) is 20.0. The van der Waals surface area contributed by atoms with Gasteiger partial charge in [-0.25, -0.2) is 0 Å². The predicted octanol–water partition coefficient (Wildman–Crippen LogP) is 13.7. The first-order chi connectivity index (χ1) is 21.6. The van der Waals surface area contributed by atoms with E-state index in [1.54, 1.807) is 0 Å². The Hall–Kier alpha value is -1.06. The molecule has 44 heavy (non-hydrogen) atoms. The van der Waals surface area contributed by atoms with Crippen LogP contribution < -0.4 is 0 Å². The number of hydrogen-bond donors (Lipinski definition) is 1. The lowest BCUT2D eigenvalue weighted by atomic mass is 10.0. The quantitative estimate of drug-likeness (QED) is 0.0553. The molecule has 0 aromatic carbocycles. The van der Waals surface area contributed by atoms with Gasteiger partial charge in [-0.2, -0.15) is 0 Å². The summed E-state index contributed by atoms with van der Waals surface area (Å²) in [6.45, 7) is 4.56. The number of carbonyl (C=O) groups is 2. The molecule has 0 saturated carbocycles. The van der Waals surface area contributed by atoms with Crippen molar-refractivity contribution in [1.82, 2.24) is 0 Å². The Kier molecular flexibility index (Phi) is 35.5. The molecule has 1 N–H and O–H groups in total. The fraction of sp³-hybridized carbons (Fsp3) is 0.950. The first-order valence-corrected chi connectivity index (χ1v) is 20.0. The molecule has 0 aliphatic rings. The smallest absolute Gasteiger partial charge is 0.306 e. The fourth-order valence-corrected chi connectivity index (χ4v) is 6.36. The van der Waals surface area contributed by atoms with E-state index in [1.807, 2.05) is 0 Å².